The van der Waals surface area contributed by atoms with E-state index in [-0.39, 0.29) is 5.43 Å². The van der Waals surface area contributed by atoms with E-state index in [1.807, 2.05) is 12.1 Å². The van der Waals surface area contributed by atoms with Crippen LogP contribution in [0, 0.1) is 5.92 Å². The fourth-order valence-electron chi connectivity index (χ4n) is 5.69. The predicted molar refractivity (Wildman–Crippen MR) is 170 cm³/mol. The molecule has 0 bridgehead atoms. The first-order valence-electron chi connectivity index (χ1n) is 15.0. The lowest BCUT2D eigenvalue weighted by atomic mass is 9.93. The minimum absolute atomic E-state index is 0.124. The zero-order chi connectivity index (χ0) is 26.5. The van der Waals surface area contributed by atoms with Gasteiger partial charge in [-0.1, -0.05) is 136 Å². The molecule has 2 aromatic carbocycles. The van der Waals surface area contributed by atoms with Crippen LogP contribution in [-0.4, -0.2) is 4.57 Å². The molecule has 3 rings (SSSR count). The summed E-state index contributed by atoms with van der Waals surface area (Å²) < 4.78 is 4.36. The molecule has 1 aromatic heterocycles. The van der Waals surface area contributed by atoms with E-state index >= 15 is 0 Å². The Bertz CT molecular complexity index is 1090. The van der Waals surface area contributed by atoms with Crippen molar-refractivity contribution in [3.05, 3.63) is 55.6 Å². The molecule has 0 aliphatic heterocycles. The number of halogens is 2. The van der Waals surface area contributed by atoms with Crippen LogP contribution in [0.15, 0.2) is 50.1 Å². The maximum atomic E-state index is 13.4. The van der Waals surface area contributed by atoms with E-state index in [2.05, 4.69) is 74.5 Å². The molecule has 0 saturated heterocycles. The molecule has 0 amide bonds. The van der Waals surface area contributed by atoms with Gasteiger partial charge in [-0.2, -0.15) is 0 Å². The Balaban J connectivity index is 1.77. The number of hydrogen-bond acceptors (Lipinski definition) is 1. The third-order valence-electron chi connectivity index (χ3n) is 7.86. The Morgan fingerprint density at radius 1 is 0.622 bits per heavy atom. The molecule has 0 aliphatic rings. The quantitative estimate of drug-likeness (QED) is 0.101. The van der Waals surface area contributed by atoms with Crippen LogP contribution in [0.3, 0.4) is 0 Å². The third kappa shape index (κ3) is 9.53. The maximum Gasteiger partial charge on any atom is 0.197 e. The van der Waals surface area contributed by atoms with E-state index < -0.39 is 0 Å². The average Bonchev–Trinajstić information content (AvgIpc) is 2.89. The first-order chi connectivity index (χ1) is 18.0. The summed E-state index contributed by atoms with van der Waals surface area (Å²) in [4.78, 5) is 13.4. The largest absolute Gasteiger partial charge is 0.340 e. The lowest BCUT2D eigenvalue weighted by Crippen LogP contribution is -2.17. The highest BCUT2D eigenvalue weighted by molar-refractivity contribution is 9.10. The summed E-state index contributed by atoms with van der Waals surface area (Å²) in [6, 6.07) is 12.4. The topological polar surface area (TPSA) is 22.0 Å². The number of fused-ring (bicyclic) bond motifs is 2. The van der Waals surface area contributed by atoms with Gasteiger partial charge in [-0.15, -0.1) is 0 Å². The molecule has 0 fully saturated rings. The van der Waals surface area contributed by atoms with Crippen molar-refractivity contribution in [2.45, 2.75) is 123 Å². The standard InChI is InChI=1S/C33H47Br2NO/c1-3-5-7-9-11-12-14-16-18-26(17-15-13-10-8-6-4-2)25-36-31-21-19-27(34)23-29(31)33(37)30-24-28(35)20-22-32(30)36/h19-24,26H,3-18,25H2,1-2H3. The van der Waals surface area contributed by atoms with Crippen molar-refractivity contribution < 1.29 is 0 Å². The van der Waals surface area contributed by atoms with Crippen LogP contribution in [0.25, 0.3) is 21.8 Å². The summed E-state index contributed by atoms with van der Waals surface area (Å²) in [7, 11) is 0. The molecule has 1 heterocycles. The highest BCUT2D eigenvalue weighted by Crippen LogP contribution is 2.28. The van der Waals surface area contributed by atoms with Crippen molar-refractivity contribution in [3.63, 3.8) is 0 Å². The zero-order valence-corrected chi connectivity index (χ0v) is 26.3. The molecule has 1 atom stereocenters. The van der Waals surface area contributed by atoms with Gasteiger partial charge in [0.15, 0.2) is 5.43 Å². The Morgan fingerprint density at radius 3 is 1.46 bits per heavy atom. The van der Waals surface area contributed by atoms with Gasteiger partial charge in [-0.3, -0.25) is 4.79 Å². The Labute approximate surface area is 241 Å². The van der Waals surface area contributed by atoms with Crippen molar-refractivity contribution in [1.29, 1.82) is 0 Å². The summed E-state index contributed by atoms with van der Waals surface area (Å²) >= 11 is 7.18. The van der Waals surface area contributed by atoms with Crippen LogP contribution >= 0.6 is 31.9 Å². The minimum Gasteiger partial charge on any atom is -0.340 e. The minimum atomic E-state index is 0.124. The van der Waals surface area contributed by atoms with Gasteiger partial charge in [0.1, 0.15) is 0 Å². The van der Waals surface area contributed by atoms with Crippen LogP contribution < -0.4 is 5.43 Å². The van der Waals surface area contributed by atoms with Gasteiger partial charge in [0.05, 0.1) is 11.0 Å². The third-order valence-corrected chi connectivity index (χ3v) is 8.85. The number of aromatic nitrogens is 1. The molecule has 0 spiro atoms. The molecule has 0 aliphatic carbocycles. The number of unbranched alkanes of at least 4 members (excludes halogenated alkanes) is 12. The van der Waals surface area contributed by atoms with E-state index in [1.54, 1.807) is 0 Å². The fraction of sp³-hybridized carbons (Fsp3) is 0.606. The van der Waals surface area contributed by atoms with Crippen molar-refractivity contribution in [1.82, 2.24) is 4.57 Å². The smallest absolute Gasteiger partial charge is 0.197 e. The van der Waals surface area contributed by atoms with Gasteiger partial charge in [0.25, 0.3) is 0 Å². The molecule has 0 saturated carbocycles. The summed E-state index contributed by atoms with van der Waals surface area (Å²) in [6.07, 6.45) is 21.6. The summed E-state index contributed by atoms with van der Waals surface area (Å²) in [6.45, 7) is 5.56. The molecule has 1 unspecified atom stereocenters. The van der Waals surface area contributed by atoms with Crippen LogP contribution in [0.1, 0.15) is 117 Å². The molecule has 0 N–H and O–H groups in total. The second kappa shape index (κ2) is 16.7. The molecule has 3 aromatic rings. The first-order valence-corrected chi connectivity index (χ1v) is 16.5. The highest BCUT2D eigenvalue weighted by atomic mass is 79.9. The highest BCUT2D eigenvalue weighted by Gasteiger charge is 2.16. The molecular formula is C33H47Br2NO. The summed E-state index contributed by atoms with van der Waals surface area (Å²) in [5, 5.41) is 1.62. The lowest BCUT2D eigenvalue weighted by Gasteiger charge is -2.23. The van der Waals surface area contributed by atoms with Gasteiger partial charge in [0, 0.05) is 26.3 Å². The fourth-order valence-corrected chi connectivity index (χ4v) is 6.41. The molecule has 37 heavy (non-hydrogen) atoms. The number of pyridine rings is 1. The van der Waals surface area contributed by atoms with Crippen molar-refractivity contribution >= 4 is 53.7 Å². The predicted octanol–water partition coefficient (Wildman–Crippen LogP) is 11.6. The van der Waals surface area contributed by atoms with E-state index in [1.165, 1.54) is 103 Å². The second-order valence-electron chi connectivity index (χ2n) is 10.9. The average molecular weight is 634 g/mol. The van der Waals surface area contributed by atoms with Crippen LogP contribution in [0.5, 0.6) is 0 Å². The molecule has 4 heteroatoms. The van der Waals surface area contributed by atoms with Gasteiger partial charge in [-0.05, 0) is 55.2 Å². The Kier molecular flexibility index (Phi) is 13.8. The Hall–Kier alpha value is -1.13. The van der Waals surface area contributed by atoms with Crippen molar-refractivity contribution in [3.8, 4) is 0 Å². The normalized spacial score (nSPS) is 12.5. The monoisotopic (exact) mass is 631 g/mol. The van der Waals surface area contributed by atoms with Crippen molar-refractivity contribution in [2.75, 3.05) is 0 Å². The van der Waals surface area contributed by atoms with E-state index in [0.717, 1.165) is 37.3 Å². The van der Waals surface area contributed by atoms with Crippen LogP contribution in [0.4, 0.5) is 0 Å². The van der Waals surface area contributed by atoms with Gasteiger partial charge < -0.3 is 4.57 Å². The van der Waals surface area contributed by atoms with E-state index in [9.17, 15) is 4.79 Å². The maximum absolute atomic E-state index is 13.4. The van der Waals surface area contributed by atoms with Crippen LogP contribution in [-0.2, 0) is 6.54 Å². The molecular weight excluding hydrogens is 586 g/mol. The SMILES string of the molecule is CCCCCCCCCCC(CCCCCCCC)Cn1c2ccc(Br)cc2c(=O)c2cc(Br)ccc21. The molecule has 204 valence electrons. The van der Waals surface area contributed by atoms with E-state index in [0.29, 0.717) is 5.92 Å². The summed E-state index contributed by atoms with van der Waals surface area (Å²) in [5.74, 6) is 0.646. The first kappa shape index (κ1) is 30.4. The van der Waals surface area contributed by atoms with Crippen molar-refractivity contribution in [2.24, 2.45) is 5.92 Å². The molecule has 2 nitrogen and oxygen atoms in total. The summed E-state index contributed by atoms with van der Waals surface area (Å²) in [5.41, 5.74) is 2.25. The lowest BCUT2D eigenvalue weighted by molar-refractivity contribution is 0.364. The number of hydrogen-bond donors (Lipinski definition) is 0. The number of rotatable bonds is 18. The Morgan fingerprint density at radius 2 is 1.03 bits per heavy atom. The number of benzene rings is 2. The number of nitrogens with zero attached hydrogens (tertiary/aromatic N) is 1. The van der Waals surface area contributed by atoms with Gasteiger partial charge in [0.2, 0.25) is 0 Å². The second-order valence-corrected chi connectivity index (χ2v) is 12.8. The van der Waals surface area contributed by atoms with Gasteiger partial charge in [-0.25, -0.2) is 0 Å². The molecule has 0 radical (unpaired) electrons. The van der Waals surface area contributed by atoms with Crippen LogP contribution in [0.2, 0.25) is 0 Å². The van der Waals surface area contributed by atoms with Gasteiger partial charge >= 0.3 is 0 Å². The zero-order valence-electron chi connectivity index (χ0n) is 23.2. The van der Waals surface area contributed by atoms with E-state index in [4.69, 9.17) is 0 Å².